The molecule has 2 atom stereocenters. The highest BCUT2D eigenvalue weighted by Crippen LogP contribution is 2.68. The van der Waals surface area contributed by atoms with E-state index in [1.54, 1.807) is 0 Å². The molecular weight excluding hydrogens is 493 g/mol. The number of benzene rings is 3. The maximum atomic E-state index is 12.0. The summed E-state index contributed by atoms with van der Waals surface area (Å²) < 4.78 is 0. The van der Waals surface area contributed by atoms with Crippen LogP contribution in [0.4, 0.5) is 5.69 Å². The third-order valence-electron chi connectivity index (χ3n) is 8.58. The number of hydrogen-bond acceptors (Lipinski definition) is 2. The Morgan fingerprint density at radius 1 is 0.769 bits per heavy atom. The first-order valence-corrected chi connectivity index (χ1v) is 16.1. The van der Waals surface area contributed by atoms with Crippen molar-refractivity contribution in [3.05, 3.63) is 83.4 Å². The van der Waals surface area contributed by atoms with Crippen LogP contribution in [0.1, 0.15) is 104 Å². The Balaban J connectivity index is 2.10. The molecule has 39 heavy (non-hydrogen) atoms. The first-order valence-electron chi connectivity index (χ1n) is 14.6. The van der Waals surface area contributed by atoms with Crippen LogP contribution in [-0.2, 0) is 5.41 Å². The molecule has 0 aromatic heterocycles. The van der Waals surface area contributed by atoms with E-state index in [0.29, 0.717) is 17.6 Å². The molecule has 0 aliphatic carbocycles. The third-order valence-corrected chi connectivity index (χ3v) is 11.9. The van der Waals surface area contributed by atoms with E-state index in [1.165, 1.54) is 16.6 Å². The van der Waals surface area contributed by atoms with Crippen molar-refractivity contribution in [1.82, 2.24) is 0 Å². The fourth-order valence-electron chi connectivity index (χ4n) is 6.39. The van der Waals surface area contributed by atoms with Gasteiger partial charge in [-0.15, -0.1) is 0 Å². The molecule has 1 aliphatic heterocycles. The summed E-state index contributed by atoms with van der Waals surface area (Å²) in [6.45, 7) is 23.3. The summed E-state index contributed by atoms with van der Waals surface area (Å²) >= 11 is 0. The van der Waals surface area contributed by atoms with Gasteiger partial charge in [-0.1, -0.05) is 144 Å². The van der Waals surface area contributed by atoms with Gasteiger partial charge in [-0.3, -0.25) is 4.99 Å². The number of aromatic hydroxyl groups is 1. The second kappa shape index (κ2) is 10.9. The van der Waals surface area contributed by atoms with Crippen molar-refractivity contribution in [2.45, 2.75) is 98.1 Å². The van der Waals surface area contributed by atoms with E-state index in [9.17, 15) is 5.11 Å². The molecule has 2 nitrogen and oxygen atoms in total. The van der Waals surface area contributed by atoms with Crippen LogP contribution in [0.5, 0.6) is 5.75 Å². The maximum Gasteiger partial charge on any atom is 0.127 e. The monoisotopic (exact) mass is 541 g/mol. The zero-order chi connectivity index (χ0) is 28.8. The molecule has 4 rings (SSSR count). The molecule has 2 unspecified atom stereocenters. The topological polar surface area (TPSA) is 32.6 Å². The van der Waals surface area contributed by atoms with Crippen LogP contribution in [0.15, 0.2) is 71.7 Å². The lowest BCUT2D eigenvalue weighted by Gasteiger charge is -2.45. The number of aliphatic imine (C=N–C) groups is 1. The van der Waals surface area contributed by atoms with Crippen molar-refractivity contribution in [2.75, 3.05) is 6.16 Å². The molecule has 1 saturated heterocycles. The van der Waals surface area contributed by atoms with E-state index in [-0.39, 0.29) is 16.0 Å². The molecule has 3 heteroatoms. The van der Waals surface area contributed by atoms with Crippen molar-refractivity contribution in [1.29, 1.82) is 0 Å². The number of hydrogen-bond donors (Lipinski definition) is 1. The van der Waals surface area contributed by atoms with E-state index >= 15 is 0 Å². The minimum Gasteiger partial charge on any atom is -0.507 e. The van der Waals surface area contributed by atoms with Crippen molar-refractivity contribution in [3.8, 4) is 16.9 Å². The lowest BCUT2D eigenvalue weighted by Crippen LogP contribution is -2.44. The Labute approximate surface area is 238 Å². The zero-order valence-electron chi connectivity index (χ0n) is 25.8. The summed E-state index contributed by atoms with van der Waals surface area (Å²) in [7, 11) is -0.550. The van der Waals surface area contributed by atoms with Gasteiger partial charge in [0.2, 0.25) is 0 Å². The van der Waals surface area contributed by atoms with Gasteiger partial charge >= 0.3 is 0 Å². The predicted molar refractivity (Wildman–Crippen MR) is 173 cm³/mol. The number of rotatable bonds is 5. The summed E-state index contributed by atoms with van der Waals surface area (Å²) in [6, 6.07) is 23.3. The Bertz CT molecular complexity index is 1310. The van der Waals surface area contributed by atoms with E-state index < -0.39 is 7.92 Å². The van der Waals surface area contributed by atoms with Crippen LogP contribution in [0.2, 0.25) is 0 Å². The van der Waals surface area contributed by atoms with Crippen molar-refractivity contribution in [2.24, 2.45) is 10.4 Å². The van der Waals surface area contributed by atoms with E-state index in [1.807, 2.05) is 24.3 Å². The highest BCUT2D eigenvalue weighted by molar-refractivity contribution is 7.77. The second-order valence-electron chi connectivity index (χ2n) is 13.8. The normalized spacial score (nSPS) is 21.3. The molecular formula is C36H48NOP. The molecule has 3 aromatic carbocycles. The summed E-state index contributed by atoms with van der Waals surface area (Å²) in [4.78, 5) is 5.82. The van der Waals surface area contributed by atoms with E-state index in [2.05, 4.69) is 112 Å². The summed E-state index contributed by atoms with van der Waals surface area (Å²) in [5, 5.41) is 12.2. The summed E-state index contributed by atoms with van der Waals surface area (Å²) in [5.74, 6) is 1.16. The molecule has 1 fully saturated rings. The van der Waals surface area contributed by atoms with E-state index in [0.717, 1.165) is 35.0 Å². The molecule has 1 aliphatic rings. The standard InChI is InChI=1S/C36H48NOP/c1-24(2)27-18-14-19-28(25(3)4)31(27)37-33-36(34(5,6)7,22-23-39(33)35(8,9)10)30-21-15-20-29(32(30)38)26-16-12-11-13-17-26/h11-21,24-25,38H,22-23H2,1-10H3. The van der Waals surface area contributed by atoms with Crippen molar-refractivity contribution >= 4 is 19.1 Å². The molecule has 0 bridgehead atoms. The van der Waals surface area contributed by atoms with Crippen molar-refractivity contribution < 1.29 is 5.11 Å². The van der Waals surface area contributed by atoms with Gasteiger partial charge < -0.3 is 5.11 Å². The Morgan fingerprint density at radius 2 is 1.33 bits per heavy atom. The SMILES string of the molecule is CC(C)c1cccc(C(C)C)c1N=C1P(C(C)(C)C)CCC1(c1cccc(-c2ccccc2)c1O)C(C)(C)C. The molecule has 0 spiro atoms. The minimum atomic E-state index is -0.550. The quantitative estimate of drug-likeness (QED) is 0.320. The Kier molecular flexibility index (Phi) is 8.22. The molecule has 0 radical (unpaired) electrons. The predicted octanol–water partition coefficient (Wildman–Crippen LogP) is 11.0. The van der Waals surface area contributed by atoms with Crippen LogP contribution >= 0.6 is 7.92 Å². The molecule has 0 saturated carbocycles. The van der Waals surface area contributed by atoms with Crippen LogP contribution in [0.25, 0.3) is 11.1 Å². The maximum absolute atomic E-state index is 12.0. The highest BCUT2D eigenvalue weighted by atomic mass is 31.1. The molecule has 3 aromatic rings. The van der Waals surface area contributed by atoms with Crippen molar-refractivity contribution in [3.63, 3.8) is 0 Å². The van der Waals surface area contributed by atoms with Gasteiger partial charge in [0.25, 0.3) is 0 Å². The first-order chi connectivity index (χ1) is 18.2. The third kappa shape index (κ3) is 5.35. The number of para-hydroxylation sites is 2. The Hall–Kier alpha value is -2.44. The number of phenolic OH excluding ortho intramolecular Hbond substituents is 1. The van der Waals surface area contributed by atoms with Crippen LogP contribution in [0.3, 0.4) is 0 Å². The average molecular weight is 542 g/mol. The zero-order valence-corrected chi connectivity index (χ0v) is 26.7. The lowest BCUT2D eigenvalue weighted by atomic mass is 9.61. The highest BCUT2D eigenvalue weighted by Gasteiger charge is 2.57. The van der Waals surface area contributed by atoms with Gasteiger partial charge in [-0.25, -0.2) is 0 Å². The van der Waals surface area contributed by atoms with Gasteiger partial charge in [0.1, 0.15) is 5.75 Å². The summed E-state index contributed by atoms with van der Waals surface area (Å²) in [6.07, 6.45) is 2.11. The average Bonchev–Trinajstić information content (AvgIpc) is 3.25. The van der Waals surface area contributed by atoms with Gasteiger partial charge in [0, 0.05) is 16.5 Å². The largest absolute Gasteiger partial charge is 0.507 e. The van der Waals surface area contributed by atoms with Crippen LogP contribution in [0, 0.1) is 5.41 Å². The van der Waals surface area contributed by atoms with Gasteiger partial charge in [-0.2, -0.15) is 0 Å². The minimum absolute atomic E-state index is 0.110. The van der Waals surface area contributed by atoms with E-state index in [4.69, 9.17) is 4.99 Å². The second-order valence-corrected chi connectivity index (χ2v) is 16.9. The molecule has 1 heterocycles. The number of phenols is 1. The van der Waals surface area contributed by atoms with Gasteiger partial charge in [0.15, 0.2) is 0 Å². The van der Waals surface area contributed by atoms with Gasteiger partial charge in [0.05, 0.1) is 11.1 Å². The van der Waals surface area contributed by atoms with Gasteiger partial charge in [-0.05, 0) is 51.7 Å². The fraction of sp³-hybridized carbons (Fsp3) is 0.472. The first kappa shape index (κ1) is 29.5. The Morgan fingerprint density at radius 3 is 1.85 bits per heavy atom. The summed E-state index contributed by atoms with van der Waals surface area (Å²) in [5.41, 5.74) is 7.53. The number of nitrogens with zero attached hydrogens (tertiary/aromatic N) is 1. The van der Waals surface area contributed by atoms with Crippen LogP contribution < -0.4 is 0 Å². The molecule has 0 amide bonds. The van der Waals surface area contributed by atoms with Crippen LogP contribution in [-0.4, -0.2) is 21.9 Å². The lowest BCUT2D eigenvalue weighted by molar-refractivity contribution is 0.253. The molecule has 1 N–H and O–H groups in total. The smallest absolute Gasteiger partial charge is 0.127 e. The molecule has 208 valence electrons. The fourth-order valence-corrected chi connectivity index (χ4v) is 9.72.